The van der Waals surface area contributed by atoms with E-state index in [1.54, 1.807) is 17.5 Å². The summed E-state index contributed by atoms with van der Waals surface area (Å²) in [7, 11) is 0. The second-order valence-corrected chi connectivity index (χ2v) is 11.4. The van der Waals surface area contributed by atoms with Crippen molar-refractivity contribution in [1.82, 2.24) is 4.98 Å². The zero-order valence-electron chi connectivity index (χ0n) is 20.0. The number of hydrogen-bond donors (Lipinski definition) is 1. The van der Waals surface area contributed by atoms with Gasteiger partial charge in [-0.3, -0.25) is 0 Å². The molecule has 0 amide bonds. The smallest absolute Gasteiger partial charge is 0.341 e. The van der Waals surface area contributed by atoms with Gasteiger partial charge in [-0.05, 0) is 43.1 Å². The van der Waals surface area contributed by atoms with E-state index in [1.807, 2.05) is 42.6 Å². The van der Waals surface area contributed by atoms with Gasteiger partial charge in [-0.15, -0.1) is 22.7 Å². The highest BCUT2D eigenvalue weighted by molar-refractivity contribution is 7.16. The van der Waals surface area contributed by atoms with Crippen LogP contribution in [0.25, 0.3) is 16.8 Å². The first-order valence-corrected chi connectivity index (χ1v) is 13.2. The van der Waals surface area contributed by atoms with Gasteiger partial charge in [0.15, 0.2) is 0 Å². The number of carbonyl (C=O) groups is 1. The Morgan fingerprint density at radius 3 is 2.76 bits per heavy atom. The lowest BCUT2D eigenvalue weighted by Gasteiger charge is -2.33. The molecule has 3 aromatic rings. The molecule has 7 heteroatoms. The fourth-order valence-electron chi connectivity index (χ4n) is 4.26. The number of rotatable bonds is 6. The first-order chi connectivity index (χ1) is 16.3. The highest BCUT2D eigenvalue weighted by Crippen LogP contribution is 2.44. The number of nitriles is 1. The number of thiophene rings is 1. The first-order valence-electron chi connectivity index (χ1n) is 11.5. The van der Waals surface area contributed by atoms with E-state index >= 15 is 0 Å². The molecule has 176 valence electrons. The predicted molar refractivity (Wildman–Crippen MR) is 140 cm³/mol. The zero-order valence-corrected chi connectivity index (χ0v) is 21.6. The molecule has 34 heavy (non-hydrogen) atoms. The Morgan fingerprint density at radius 1 is 1.32 bits per heavy atom. The van der Waals surface area contributed by atoms with Crippen LogP contribution in [0.2, 0.25) is 0 Å². The Balaban J connectivity index is 1.64. The third kappa shape index (κ3) is 5.08. The van der Waals surface area contributed by atoms with Crippen LogP contribution in [0.15, 0.2) is 41.9 Å². The summed E-state index contributed by atoms with van der Waals surface area (Å²) in [5.41, 5.74) is 4.22. The number of fused-ring (bicyclic) bond motifs is 1. The molecule has 4 rings (SSSR count). The van der Waals surface area contributed by atoms with Crippen molar-refractivity contribution in [3.8, 4) is 17.3 Å². The average molecular weight is 492 g/mol. The molecule has 0 aliphatic heterocycles. The minimum absolute atomic E-state index is 0.217. The van der Waals surface area contributed by atoms with Gasteiger partial charge in [0.25, 0.3) is 0 Å². The Kier molecular flexibility index (Phi) is 7.20. The predicted octanol–water partition coefficient (Wildman–Crippen LogP) is 7.18. The van der Waals surface area contributed by atoms with Crippen molar-refractivity contribution in [3.63, 3.8) is 0 Å². The fraction of sp³-hybridized carbons (Fsp3) is 0.370. The third-order valence-electron chi connectivity index (χ3n) is 6.24. The number of ether oxygens (including phenoxy) is 1. The molecule has 1 aliphatic rings. The summed E-state index contributed by atoms with van der Waals surface area (Å²) in [6, 6.07) is 12.2. The van der Waals surface area contributed by atoms with Crippen molar-refractivity contribution in [2.75, 3.05) is 11.9 Å². The number of hydrogen-bond acceptors (Lipinski definition) is 7. The van der Waals surface area contributed by atoms with Crippen LogP contribution >= 0.6 is 22.7 Å². The molecule has 5 nitrogen and oxygen atoms in total. The Hall–Kier alpha value is -2.95. The second kappa shape index (κ2) is 10.1. The van der Waals surface area contributed by atoms with Gasteiger partial charge >= 0.3 is 5.97 Å². The standard InChI is InChI=1S/C27H29N3O2S2/c1-5-32-26(31)23-20-12-11-19(27(2,3)4)13-22(20)34-25(23)29-15-18(14-28)24-30-21(16-33-24)17-9-7-6-8-10-17/h6-10,15-16,19,29H,5,11-13H2,1-4H3/b18-15-/t19-/m1/s1. The van der Waals surface area contributed by atoms with Crippen LogP contribution in [0.1, 0.15) is 59.9 Å². The molecule has 2 heterocycles. The van der Waals surface area contributed by atoms with E-state index in [4.69, 9.17) is 4.74 Å². The van der Waals surface area contributed by atoms with Gasteiger partial charge in [-0.25, -0.2) is 9.78 Å². The minimum Gasteiger partial charge on any atom is -0.462 e. The highest BCUT2D eigenvalue weighted by atomic mass is 32.1. The third-order valence-corrected chi connectivity index (χ3v) is 8.30. The fourth-order valence-corrected chi connectivity index (χ4v) is 6.34. The Bertz CT molecular complexity index is 1240. The van der Waals surface area contributed by atoms with Crippen molar-refractivity contribution in [2.45, 2.75) is 47.0 Å². The van der Waals surface area contributed by atoms with E-state index < -0.39 is 0 Å². The van der Waals surface area contributed by atoms with Gasteiger partial charge in [-0.1, -0.05) is 51.1 Å². The lowest BCUT2D eigenvalue weighted by molar-refractivity contribution is 0.0526. The molecule has 1 aliphatic carbocycles. The molecule has 0 bridgehead atoms. The van der Waals surface area contributed by atoms with Crippen molar-refractivity contribution >= 4 is 39.2 Å². The second-order valence-electron chi connectivity index (χ2n) is 9.45. The van der Waals surface area contributed by atoms with Crippen molar-refractivity contribution in [3.05, 3.63) is 62.9 Å². The summed E-state index contributed by atoms with van der Waals surface area (Å²) >= 11 is 3.03. The molecule has 0 spiro atoms. The van der Waals surface area contributed by atoms with Gasteiger partial charge in [0.2, 0.25) is 0 Å². The summed E-state index contributed by atoms with van der Waals surface area (Å²) < 4.78 is 5.39. The van der Waals surface area contributed by atoms with Crippen molar-refractivity contribution < 1.29 is 9.53 Å². The Morgan fingerprint density at radius 2 is 2.09 bits per heavy atom. The zero-order chi connectivity index (χ0) is 24.3. The normalized spacial score (nSPS) is 16.0. The van der Waals surface area contributed by atoms with E-state index in [1.165, 1.54) is 16.2 Å². The largest absolute Gasteiger partial charge is 0.462 e. The molecule has 0 fully saturated rings. The molecule has 0 radical (unpaired) electrons. The summed E-state index contributed by atoms with van der Waals surface area (Å²) in [4.78, 5) is 18.8. The van der Waals surface area contributed by atoms with Gasteiger partial charge < -0.3 is 10.1 Å². The van der Waals surface area contributed by atoms with E-state index in [9.17, 15) is 10.1 Å². The van der Waals surface area contributed by atoms with Crippen LogP contribution in [-0.4, -0.2) is 17.6 Å². The van der Waals surface area contributed by atoms with Crippen LogP contribution in [0.4, 0.5) is 5.00 Å². The van der Waals surface area contributed by atoms with Gasteiger partial charge in [0, 0.05) is 22.0 Å². The number of esters is 1. The molecule has 0 unspecified atom stereocenters. The number of benzene rings is 1. The number of anilines is 1. The van der Waals surface area contributed by atoms with Crippen LogP contribution in [0.3, 0.4) is 0 Å². The van der Waals surface area contributed by atoms with E-state index in [-0.39, 0.29) is 11.4 Å². The van der Waals surface area contributed by atoms with Crippen LogP contribution in [-0.2, 0) is 17.6 Å². The van der Waals surface area contributed by atoms with Gasteiger partial charge in [0.1, 0.15) is 21.7 Å². The van der Waals surface area contributed by atoms with Crippen molar-refractivity contribution in [1.29, 1.82) is 5.26 Å². The summed E-state index contributed by atoms with van der Waals surface area (Å²) in [5.74, 6) is 0.266. The summed E-state index contributed by atoms with van der Waals surface area (Å²) in [5, 5.41) is 16.4. The average Bonchev–Trinajstić information content (AvgIpc) is 3.44. The number of nitrogens with zero attached hydrogens (tertiary/aromatic N) is 2. The first kappa shape index (κ1) is 24.2. The molecule has 1 N–H and O–H groups in total. The minimum atomic E-state index is -0.302. The quantitative estimate of drug-likeness (QED) is 0.292. The van der Waals surface area contributed by atoms with Crippen LogP contribution in [0, 0.1) is 22.7 Å². The topological polar surface area (TPSA) is 75.0 Å². The Labute approximate surface area is 209 Å². The van der Waals surface area contributed by atoms with E-state index in [2.05, 4.69) is 37.1 Å². The maximum Gasteiger partial charge on any atom is 0.341 e. The molecular formula is C27H29N3O2S2. The van der Waals surface area contributed by atoms with Crippen LogP contribution in [0.5, 0.6) is 0 Å². The molecule has 1 aromatic carbocycles. The summed E-state index contributed by atoms with van der Waals surface area (Å²) in [6.45, 7) is 8.98. The SMILES string of the molecule is CCOC(=O)c1c(N/C=C(/C#N)c2nc(-c3ccccc3)cs2)sc2c1CC[C@@H](C(C)(C)C)C2. The maximum atomic E-state index is 12.9. The molecule has 1 atom stereocenters. The number of nitrogens with one attached hydrogen (secondary N) is 1. The van der Waals surface area contributed by atoms with Crippen LogP contribution < -0.4 is 5.32 Å². The summed E-state index contributed by atoms with van der Waals surface area (Å²) in [6.07, 6.45) is 4.54. The molecule has 2 aromatic heterocycles. The maximum absolute atomic E-state index is 12.9. The van der Waals surface area contributed by atoms with E-state index in [0.29, 0.717) is 28.7 Å². The highest BCUT2D eigenvalue weighted by Gasteiger charge is 2.34. The lowest BCUT2D eigenvalue weighted by atomic mass is 9.72. The monoisotopic (exact) mass is 491 g/mol. The molecule has 0 saturated heterocycles. The number of allylic oxidation sites excluding steroid dienone is 1. The van der Waals surface area contributed by atoms with E-state index in [0.717, 1.165) is 41.1 Å². The molecular weight excluding hydrogens is 462 g/mol. The number of thiazole rings is 1. The lowest BCUT2D eigenvalue weighted by Crippen LogP contribution is -2.26. The number of aromatic nitrogens is 1. The molecule has 0 saturated carbocycles. The number of carbonyl (C=O) groups excluding carboxylic acids is 1. The van der Waals surface area contributed by atoms with Gasteiger partial charge in [0.05, 0.1) is 17.9 Å². The van der Waals surface area contributed by atoms with Crippen molar-refractivity contribution in [2.24, 2.45) is 11.3 Å². The van der Waals surface area contributed by atoms with Gasteiger partial charge in [-0.2, -0.15) is 5.26 Å².